The quantitative estimate of drug-likeness (QED) is 0.793. The monoisotopic (exact) mass is 266 g/mol. The maximum absolute atomic E-state index is 12.7. The van der Waals surface area contributed by atoms with E-state index in [2.05, 4.69) is 5.32 Å². The van der Waals surface area contributed by atoms with Gasteiger partial charge in [0.1, 0.15) is 11.1 Å². The Kier molecular flexibility index (Phi) is 4.43. The molecule has 0 aliphatic carbocycles. The fourth-order valence-electron chi connectivity index (χ4n) is 2.23. The van der Waals surface area contributed by atoms with Crippen LogP contribution in [0.1, 0.15) is 54.4 Å². The SMILES string of the molecule is CCC1(C)NC(=O)C(C)(CC)N(CC=C(C)C)C1=O. The zero-order valence-corrected chi connectivity index (χ0v) is 13.0. The molecule has 0 radical (unpaired) electrons. The van der Waals surface area contributed by atoms with Crippen molar-refractivity contribution in [1.29, 1.82) is 0 Å². The zero-order chi connectivity index (χ0) is 14.8. The lowest BCUT2D eigenvalue weighted by Gasteiger charge is -2.49. The summed E-state index contributed by atoms with van der Waals surface area (Å²) in [7, 11) is 0. The van der Waals surface area contributed by atoms with Crippen LogP contribution in [0.25, 0.3) is 0 Å². The molecule has 4 heteroatoms. The second-order valence-corrected chi connectivity index (χ2v) is 5.96. The van der Waals surface area contributed by atoms with Crippen molar-refractivity contribution in [2.75, 3.05) is 6.54 Å². The molecule has 108 valence electrons. The van der Waals surface area contributed by atoms with Crippen LogP contribution in [0.4, 0.5) is 0 Å². The van der Waals surface area contributed by atoms with Gasteiger partial charge >= 0.3 is 0 Å². The van der Waals surface area contributed by atoms with Gasteiger partial charge in [-0.3, -0.25) is 9.59 Å². The number of hydrogen-bond acceptors (Lipinski definition) is 2. The van der Waals surface area contributed by atoms with Crippen LogP contribution < -0.4 is 5.32 Å². The predicted octanol–water partition coefficient (Wildman–Crippen LogP) is 2.25. The highest BCUT2D eigenvalue weighted by atomic mass is 16.2. The topological polar surface area (TPSA) is 49.4 Å². The van der Waals surface area contributed by atoms with Crippen LogP contribution in [0, 0.1) is 0 Å². The molecular formula is C15H26N2O2. The Hall–Kier alpha value is -1.32. The van der Waals surface area contributed by atoms with E-state index in [0.29, 0.717) is 19.4 Å². The van der Waals surface area contributed by atoms with E-state index < -0.39 is 11.1 Å². The number of carbonyl (C=O) groups excluding carboxylic acids is 2. The summed E-state index contributed by atoms with van der Waals surface area (Å²) in [4.78, 5) is 26.8. The lowest BCUT2D eigenvalue weighted by molar-refractivity contribution is -0.161. The summed E-state index contributed by atoms with van der Waals surface area (Å²) in [5.74, 6) is -0.0439. The molecule has 1 fully saturated rings. The molecule has 0 saturated carbocycles. The number of nitrogens with zero attached hydrogens (tertiary/aromatic N) is 1. The maximum Gasteiger partial charge on any atom is 0.249 e. The van der Waals surface area contributed by atoms with Crippen molar-refractivity contribution in [3.63, 3.8) is 0 Å². The summed E-state index contributed by atoms with van der Waals surface area (Å²) in [5, 5.41) is 2.90. The molecule has 1 N–H and O–H groups in total. The van der Waals surface area contributed by atoms with Gasteiger partial charge in [-0.05, 0) is 40.5 Å². The molecule has 4 nitrogen and oxygen atoms in total. The Balaban J connectivity index is 3.19. The Morgan fingerprint density at radius 2 is 1.79 bits per heavy atom. The van der Waals surface area contributed by atoms with Crippen LogP contribution in [0.5, 0.6) is 0 Å². The highest BCUT2D eigenvalue weighted by Gasteiger charge is 2.52. The number of nitrogens with one attached hydrogen (secondary N) is 1. The third-order valence-electron chi connectivity index (χ3n) is 4.27. The van der Waals surface area contributed by atoms with E-state index in [1.54, 1.807) is 11.8 Å². The molecule has 2 unspecified atom stereocenters. The predicted molar refractivity (Wildman–Crippen MR) is 76.7 cm³/mol. The first-order valence-corrected chi connectivity index (χ1v) is 6.99. The molecule has 2 amide bonds. The first-order valence-electron chi connectivity index (χ1n) is 6.99. The minimum Gasteiger partial charge on any atom is -0.340 e. The number of amides is 2. The van der Waals surface area contributed by atoms with E-state index in [9.17, 15) is 9.59 Å². The average molecular weight is 266 g/mol. The van der Waals surface area contributed by atoms with E-state index in [0.717, 1.165) is 5.57 Å². The van der Waals surface area contributed by atoms with Gasteiger partial charge < -0.3 is 10.2 Å². The smallest absolute Gasteiger partial charge is 0.249 e. The molecule has 0 bridgehead atoms. The van der Waals surface area contributed by atoms with Gasteiger partial charge in [0.05, 0.1) is 0 Å². The fourth-order valence-corrected chi connectivity index (χ4v) is 2.23. The molecule has 1 saturated heterocycles. The normalized spacial score (nSPS) is 31.2. The summed E-state index contributed by atoms with van der Waals surface area (Å²) in [6, 6.07) is 0. The summed E-state index contributed by atoms with van der Waals surface area (Å²) in [6.07, 6.45) is 3.21. The minimum absolute atomic E-state index is 0.0106. The van der Waals surface area contributed by atoms with Crippen molar-refractivity contribution in [2.24, 2.45) is 0 Å². The van der Waals surface area contributed by atoms with E-state index in [-0.39, 0.29) is 11.8 Å². The van der Waals surface area contributed by atoms with E-state index >= 15 is 0 Å². The first kappa shape index (κ1) is 15.7. The Morgan fingerprint density at radius 1 is 1.21 bits per heavy atom. The number of carbonyl (C=O) groups is 2. The van der Waals surface area contributed by atoms with Crippen LogP contribution in [0.3, 0.4) is 0 Å². The molecule has 1 aliphatic rings. The van der Waals surface area contributed by atoms with Gasteiger partial charge in [-0.1, -0.05) is 25.5 Å². The van der Waals surface area contributed by atoms with Crippen molar-refractivity contribution < 1.29 is 9.59 Å². The highest BCUT2D eigenvalue weighted by Crippen LogP contribution is 2.30. The Morgan fingerprint density at radius 3 is 2.21 bits per heavy atom. The van der Waals surface area contributed by atoms with Crippen molar-refractivity contribution in [2.45, 2.75) is 65.5 Å². The molecule has 0 aromatic heterocycles. The van der Waals surface area contributed by atoms with Crippen LogP contribution >= 0.6 is 0 Å². The number of rotatable bonds is 4. The summed E-state index contributed by atoms with van der Waals surface area (Å²) >= 11 is 0. The molecule has 2 atom stereocenters. The third kappa shape index (κ3) is 2.67. The van der Waals surface area contributed by atoms with Crippen molar-refractivity contribution in [1.82, 2.24) is 10.2 Å². The standard InChI is InChI=1S/C15H26N2O2/c1-7-14(5)13(19)17(10-9-11(3)4)15(6,8-2)12(18)16-14/h9H,7-8,10H2,1-6H3,(H,16,18). The van der Waals surface area contributed by atoms with Gasteiger partial charge in [-0.25, -0.2) is 0 Å². The molecule has 1 rings (SSSR count). The van der Waals surface area contributed by atoms with Crippen LogP contribution in [0.2, 0.25) is 0 Å². The van der Waals surface area contributed by atoms with Gasteiger partial charge in [0.25, 0.3) is 0 Å². The van der Waals surface area contributed by atoms with Gasteiger partial charge in [-0.15, -0.1) is 0 Å². The summed E-state index contributed by atoms with van der Waals surface area (Å²) in [6.45, 7) is 12.0. The van der Waals surface area contributed by atoms with Gasteiger partial charge in [0, 0.05) is 6.54 Å². The van der Waals surface area contributed by atoms with Crippen LogP contribution in [-0.2, 0) is 9.59 Å². The Labute approximate surface area is 116 Å². The number of piperazine rings is 1. The van der Waals surface area contributed by atoms with Gasteiger partial charge in [0.15, 0.2) is 0 Å². The molecule has 1 aliphatic heterocycles. The lowest BCUT2D eigenvalue weighted by Crippen LogP contribution is -2.73. The molecule has 0 spiro atoms. The lowest BCUT2D eigenvalue weighted by atomic mass is 9.84. The molecule has 1 heterocycles. The maximum atomic E-state index is 12.7. The van der Waals surface area contributed by atoms with Crippen molar-refractivity contribution >= 4 is 11.8 Å². The zero-order valence-electron chi connectivity index (χ0n) is 13.0. The number of hydrogen-bond donors (Lipinski definition) is 1. The Bertz CT molecular complexity index is 412. The van der Waals surface area contributed by atoms with Gasteiger partial charge in [0.2, 0.25) is 11.8 Å². The first-order chi connectivity index (χ1) is 8.71. The molecule has 19 heavy (non-hydrogen) atoms. The van der Waals surface area contributed by atoms with E-state index in [4.69, 9.17) is 0 Å². The fraction of sp³-hybridized carbons (Fsp3) is 0.733. The van der Waals surface area contributed by atoms with E-state index in [1.807, 2.05) is 40.7 Å². The average Bonchev–Trinajstić information content (AvgIpc) is 2.36. The second kappa shape index (κ2) is 5.35. The third-order valence-corrected chi connectivity index (χ3v) is 4.27. The van der Waals surface area contributed by atoms with Crippen LogP contribution in [-0.4, -0.2) is 34.3 Å². The van der Waals surface area contributed by atoms with E-state index in [1.165, 1.54) is 0 Å². The van der Waals surface area contributed by atoms with Gasteiger partial charge in [-0.2, -0.15) is 0 Å². The molecule has 0 aromatic rings. The molecular weight excluding hydrogens is 240 g/mol. The van der Waals surface area contributed by atoms with Crippen molar-refractivity contribution in [3.8, 4) is 0 Å². The summed E-state index contributed by atoms with van der Waals surface area (Å²) in [5.41, 5.74) is -0.380. The second-order valence-electron chi connectivity index (χ2n) is 5.96. The van der Waals surface area contributed by atoms with Crippen LogP contribution in [0.15, 0.2) is 11.6 Å². The number of allylic oxidation sites excluding steroid dienone is 1. The largest absolute Gasteiger partial charge is 0.340 e. The molecule has 0 aromatic carbocycles. The minimum atomic E-state index is -0.777. The highest BCUT2D eigenvalue weighted by molar-refractivity contribution is 6.01. The van der Waals surface area contributed by atoms with Crippen molar-refractivity contribution in [3.05, 3.63) is 11.6 Å². The summed E-state index contributed by atoms with van der Waals surface area (Å²) < 4.78 is 0.